The number of benzene rings is 1. The quantitative estimate of drug-likeness (QED) is 0.837. The Balaban J connectivity index is 2.07. The third-order valence-electron chi connectivity index (χ3n) is 3.97. The fourth-order valence-electron chi connectivity index (χ4n) is 2.96. The van der Waals surface area contributed by atoms with Crippen LogP contribution in [-0.2, 0) is 11.2 Å². The number of likely N-dealkylation sites (tertiary alicyclic amines) is 1. The van der Waals surface area contributed by atoms with E-state index < -0.39 is 0 Å². The maximum atomic E-state index is 12.5. The second-order valence-corrected chi connectivity index (χ2v) is 5.46. The Bertz CT molecular complexity index is 434. The normalized spacial score (nSPS) is 23.2. The topological polar surface area (TPSA) is 29.5 Å². The van der Waals surface area contributed by atoms with E-state index in [1.165, 1.54) is 6.42 Å². The maximum Gasteiger partial charge on any atom is 0.227 e. The van der Waals surface area contributed by atoms with Crippen molar-refractivity contribution in [3.63, 3.8) is 0 Å². The van der Waals surface area contributed by atoms with Gasteiger partial charge in [-0.2, -0.15) is 0 Å². The third kappa shape index (κ3) is 3.28. The Morgan fingerprint density at radius 1 is 1.32 bits per heavy atom. The first-order valence-electron chi connectivity index (χ1n) is 7.06. The molecule has 0 radical (unpaired) electrons. The summed E-state index contributed by atoms with van der Waals surface area (Å²) in [7, 11) is 1.65. The molecule has 1 aromatic carbocycles. The molecular formula is C16H23NO2. The number of carbonyl (C=O) groups is 1. The predicted molar refractivity (Wildman–Crippen MR) is 76.3 cm³/mol. The van der Waals surface area contributed by atoms with Crippen LogP contribution in [0.15, 0.2) is 24.3 Å². The summed E-state index contributed by atoms with van der Waals surface area (Å²) in [5, 5.41) is 0. The number of methoxy groups -OCH3 is 1. The van der Waals surface area contributed by atoms with E-state index in [1.54, 1.807) is 7.11 Å². The molecule has 3 nitrogen and oxygen atoms in total. The van der Waals surface area contributed by atoms with E-state index in [2.05, 4.69) is 18.7 Å². The van der Waals surface area contributed by atoms with Gasteiger partial charge in [-0.25, -0.2) is 0 Å². The molecule has 1 heterocycles. The minimum Gasteiger partial charge on any atom is -0.497 e. The summed E-state index contributed by atoms with van der Waals surface area (Å²) in [4.78, 5) is 14.5. The number of nitrogens with zero attached hydrogens (tertiary/aromatic N) is 1. The highest BCUT2D eigenvalue weighted by Gasteiger charge is 2.28. The van der Waals surface area contributed by atoms with Crippen LogP contribution >= 0.6 is 0 Å². The van der Waals surface area contributed by atoms with E-state index in [4.69, 9.17) is 4.74 Å². The highest BCUT2D eigenvalue weighted by Crippen LogP contribution is 2.24. The van der Waals surface area contributed by atoms with Crippen molar-refractivity contribution in [1.29, 1.82) is 0 Å². The zero-order chi connectivity index (χ0) is 13.8. The molecule has 2 unspecified atom stereocenters. The van der Waals surface area contributed by atoms with Crippen molar-refractivity contribution in [2.24, 2.45) is 0 Å². The molecule has 0 aliphatic carbocycles. The fraction of sp³-hybridized carbons (Fsp3) is 0.562. The summed E-state index contributed by atoms with van der Waals surface area (Å²) in [6.07, 6.45) is 3.93. The minimum absolute atomic E-state index is 0.230. The van der Waals surface area contributed by atoms with Crippen LogP contribution in [0.2, 0.25) is 0 Å². The van der Waals surface area contributed by atoms with Gasteiger partial charge in [0.2, 0.25) is 5.91 Å². The fourth-order valence-corrected chi connectivity index (χ4v) is 2.96. The van der Waals surface area contributed by atoms with Gasteiger partial charge in [0.05, 0.1) is 13.5 Å². The largest absolute Gasteiger partial charge is 0.497 e. The van der Waals surface area contributed by atoms with Crippen LogP contribution in [0.1, 0.15) is 38.7 Å². The lowest BCUT2D eigenvalue weighted by molar-refractivity contribution is -0.136. The van der Waals surface area contributed by atoms with Crippen LogP contribution in [0.5, 0.6) is 5.75 Å². The first kappa shape index (κ1) is 13.9. The van der Waals surface area contributed by atoms with Gasteiger partial charge in [0.25, 0.3) is 0 Å². The molecule has 104 valence electrons. The van der Waals surface area contributed by atoms with Crippen molar-refractivity contribution < 1.29 is 9.53 Å². The number of hydrogen-bond acceptors (Lipinski definition) is 2. The monoisotopic (exact) mass is 261 g/mol. The van der Waals surface area contributed by atoms with E-state index in [-0.39, 0.29) is 5.91 Å². The average molecular weight is 261 g/mol. The third-order valence-corrected chi connectivity index (χ3v) is 3.97. The van der Waals surface area contributed by atoms with Gasteiger partial charge in [0.1, 0.15) is 5.75 Å². The highest BCUT2D eigenvalue weighted by atomic mass is 16.5. The summed E-state index contributed by atoms with van der Waals surface area (Å²) in [5.74, 6) is 1.04. The minimum atomic E-state index is 0.230. The van der Waals surface area contributed by atoms with Crippen LogP contribution in [0.4, 0.5) is 0 Å². The molecular weight excluding hydrogens is 238 g/mol. The molecule has 0 N–H and O–H groups in total. The van der Waals surface area contributed by atoms with Crippen molar-refractivity contribution in [3.8, 4) is 5.75 Å². The SMILES string of the molecule is COc1cccc(CC(=O)N2C(C)CCCC2C)c1. The van der Waals surface area contributed by atoms with Gasteiger partial charge in [-0.1, -0.05) is 12.1 Å². The lowest BCUT2D eigenvalue weighted by atomic mass is 9.96. The van der Waals surface area contributed by atoms with E-state index in [1.807, 2.05) is 24.3 Å². The molecule has 2 rings (SSSR count). The Morgan fingerprint density at radius 2 is 2.00 bits per heavy atom. The molecule has 1 fully saturated rings. The summed E-state index contributed by atoms with van der Waals surface area (Å²) in [6.45, 7) is 4.30. The van der Waals surface area contributed by atoms with Gasteiger partial charge in [0, 0.05) is 12.1 Å². The Hall–Kier alpha value is -1.51. The molecule has 2 atom stereocenters. The zero-order valence-electron chi connectivity index (χ0n) is 12.1. The Morgan fingerprint density at radius 3 is 2.63 bits per heavy atom. The summed E-state index contributed by atoms with van der Waals surface area (Å²) < 4.78 is 5.20. The zero-order valence-corrected chi connectivity index (χ0v) is 12.1. The lowest BCUT2D eigenvalue weighted by Crippen LogP contribution is -2.48. The highest BCUT2D eigenvalue weighted by molar-refractivity contribution is 5.79. The Kier molecular flexibility index (Phi) is 4.46. The van der Waals surface area contributed by atoms with Gasteiger partial charge < -0.3 is 9.64 Å². The van der Waals surface area contributed by atoms with E-state index in [0.717, 1.165) is 24.2 Å². The average Bonchev–Trinajstić information content (AvgIpc) is 2.38. The molecule has 1 aliphatic rings. The van der Waals surface area contributed by atoms with Crippen molar-refractivity contribution in [2.45, 2.75) is 51.6 Å². The van der Waals surface area contributed by atoms with Crippen molar-refractivity contribution in [1.82, 2.24) is 4.90 Å². The van der Waals surface area contributed by atoms with Crippen LogP contribution < -0.4 is 4.74 Å². The standard InChI is InChI=1S/C16H23NO2/c1-12-6-4-7-13(2)17(12)16(18)11-14-8-5-9-15(10-14)19-3/h5,8-10,12-13H,4,6-7,11H2,1-3H3. The molecule has 19 heavy (non-hydrogen) atoms. The van der Waals surface area contributed by atoms with Crippen LogP contribution in [0.3, 0.4) is 0 Å². The Labute approximate surface area is 115 Å². The molecule has 1 saturated heterocycles. The molecule has 0 bridgehead atoms. The second-order valence-electron chi connectivity index (χ2n) is 5.46. The summed E-state index contributed by atoms with van der Waals surface area (Å²) in [5.41, 5.74) is 1.02. The molecule has 1 aliphatic heterocycles. The molecule has 1 amide bonds. The van der Waals surface area contributed by atoms with Gasteiger partial charge in [-0.05, 0) is 50.8 Å². The van der Waals surface area contributed by atoms with E-state index in [0.29, 0.717) is 18.5 Å². The number of carbonyl (C=O) groups excluding carboxylic acids is 1. The van der Waals surface area contributed by atoms with Gasteiger partial charge >= 0.3 is 0 Å². The summed E-state index contributed by atoms with van der Waals surface area (Å²) >= 11 is 0. The number of ether oxygens (including phenoxy) is 1. The van der Waals surface area contributed by atoms with E-state index >= 15 is 0 Å². The number of hydrogen-bond donors (Lipinski definition) is 0. The lowest BCUT2D eigenvalue weighted by Gasteiger charge is -2.39. The molecule has 0 aromatic heterocycles. The predicted octanol–water partition coefficient (Wildman–Crippen LogP) is 3.03. The smallest absolute Gasteiger partial charge is 0.227 e. The molecule has 1 aromatic rings. The van der Waals surface area contributed by atoms with Crippen LogP contribution in [0, 0.1) is 0 Å². The first-order valence-corrected chi connectivity index (χ1v) is 7.06. The van der Waals surface area contributed by atoms with E-state index in [9.17, 15) is 4.79 Å². The number of rotatable bonds is 3. The molecule has 0 spiro atoms. The summed E-state index contributed by atoms with van der Waals surface area (Å²) in [6, 6.07) is 8.49. The van der Waals surface area contributed by atoms with Gasteiger partial charge in [0.15, 0.2) is 0 Å². The first-order chi connectivity index (χ1) is 9.11. The number of piperidine rings is 1. The van der Waals surface area contributed by atoms with Crippen LogP contribution in [-0.4, -0.2) is 30.0 Å². The van der Waals surface area contributed by atoms with Crippen molar-refractivity contribution in [3.05, 3.63) is 29.8 Å². The number of amides is 1. The molecule has 0 saturated carbocycles. The molecule has 3 heteroatoms. The van der Waals surface area contributed by atoms with Crippen molar-refractivity contribution >= 4 is 5.91 Å². The van der Waals surface area contributed by atoms with Crippen molar-refractivity contribution in [2.75, 3.05) is 7.11 Å². The van der Waals surface area contributed by atoms with Gasteiger partial charge in [-0.3, -0.25) is 4.79 Å². The maximum absolute atomic E-state index is 12.5. The second kappa shape index (κ2) is 6.09. The van der Waals surface area contributed by atoms with Crippen LogP contribution in [0.25, 0.3) is 0 Å². The van der Waals surface area contributed by atoms with Gasteiger partial charge in [-0.15, -0.1) is 0 Å².